The molecule has 94 valence electrons. The molecule has 4 nitrogen and oxygen atoms in total. The van der Waals surface area contributed by atoms with E-state index in [4.69, 9.17) is 10.5 Å². The fraction of sp³-hybridized carbons (Fsp3) is 0.0667. The first-order valence-corrected chi connectivity index (χ1v) is 6.03. The Morgan fingerprint density at radius 2 is 1.79 bits per heavy atom. The predicted molar refractivity (Wildman–Crippen MR) is 73.9 cm³/mol. The molecule has 0 saturated heterocycles. The van der Waals surface area contributed by atoms with Crippen LogP contribution in [0.5, 0.6) is 11.6 Å². The Labute approximate surface area is 110 Å². The standard InChI is InChI=1S/C15H13N3O/c16-8-13-9-18-15(10-17-13)19-14-6-5-11-3-1-2-4-12(11)7-14/h1-7,9-10H,8,16H2. The maximum absolute atomic E-state index is 5.67. The summed E-state index contributed by atoms with van der Waals surface area (Å²) in [7, 11) is 0. The lowest BCUT2D eigenvalue weighted by Crippen LogP contribution is -2.00. The number of rotatable bonds is 3. The fourth-order valence-electron chi connectivity index (χ4n) is 1.85. The Kier molecular flexibility index (Phi) is 3.08. The van der Waals surface area contributed by atoms with E-state index in [9.17, 15) is 0 Å². The van der Waals surface area contributed by atoms with Crippen molar-refractivity contribution >= 4 is 10.8 Å². The zero-order valence-electron chi connectivity index (χ0n) is 10.3. The monoisotopic (exact) mass is 251 g/mol. The largest absolute Gasteiger partial charge is 0.437 e. The summed E-state index contributed by atoms with van der Waals surface area (Å²) >= 11 is 0. The van der Waals surface area contributed by atoms with Gasteiger partial charge in [-0.1, -0.05) is 30.3 Å². The number of nitrogens with zero attached hydrogens (tertiary/aromatic N) is 2. The van der Waals surface area contributed by atoms with Gasteiger partial charge in [0.2, 0.25) is 5.88 Å². The molecule has 3 rings (SSSR count). The van der Waals surface area contributed by atoms with Gasteiger partial charge in [0.1, 0.15) is 5.75 Å². The fourth-order valence-corrected chi connectivity index (χ4v) is 1.85. The van der Waals surface area contributed by atoms with Gasteiger partial charge in [-0.3, -0.25) is 4.98 Å². The smallest absolute Gasteiger partial charge is 0.237 e. The van der Waals surface area contributed by atoms with Crippen LogP contribution in [0.15, 0.2) is 54.9 Å². The highest BCUT2D eigenvalue weighted by atomic mass is 16.5. The number of aromatic nitrogens is 2. The molecule has 0 atom stereocenters. The first kappa shape index (κ1) is 11.6. The minimum absolute atomic E-state index is 0.378. The highest BCUT2D eigenvalue weighted by Crippen LogP contribution is 2.24. The molecular formula is C15H13N3O. The molecule has 3 aromatic rings. The molecule has 0 aliphatic rings. The summed E-state index contributed by atoms with van der Waals surface area (Å²) in [5.74, 6) is 1.21. The SMILES string of the molecule is NCc1cnc(Oc2ccc3ccccc3c2)cn1. The summed E-state index contributed by atoms with van der Waals surface area (Å²) in [6.07, 6.45) is 3.20. The molecule has 4 heteroatoms. The molecule has 0 amide bonds. The van der Waals surface area contributed by atoms with Crippen LogP contribution in [0.1, 0.15) is 5.69 Å². The molecule has 0 aliphatic heterocycles. The maximum atomic E-state index is 5.67. The third-order valence-corrected chi connectivity index (χ3v) is 2.83. The number of nitrogens with two attached hydrogens (primary N) is 1. The van der Waals surface area contributed by atoms with Gasteiger partial charge in [-0.15, -0.1) is 0 Å². The summed E-state index contributed by atoms with van der Waals surface area (Å²) in [6.45, 7) is 0.378. The number of benzene rings is 2. The van der Waals surface area contributed by atoms with E-state index in [1.54, 1.807) is 12.4 Å². The Morgan fingerprint density at radius 1 is 0.947 bits per heavy atom. The first-order valence-electron chi connectivity index (χ1n) is 6.03. The van der Waals surface area contributed by atoms with Crippen LogP contribution in [0.2, 0.25) is 0 Å². The van der Waals surface area contributed by atoms with Gasteiger partial charge in [0.25, 0.3) is 0 Å². The van der Waals surface area contributed by atoms with Crippen LogP contribution in [0.4, 0.5) is 0 Å². The van der Waals surface area contributed by atoms with Crippen molar-refractivity contribution in [3.63, 3.8) is 0 Å². The second kappa shape index (κ2) is 5.04. The minimum atomic E-state index is 0.378. The van der Waals surface area contributed by atoms with E-state index in [0.717, 1.165) is 16.8 Å². The lowest BCUT2D eigenvalue weighted by atomic mass is 10.1. The van der Waals surface area contributed by atoms with Crippen molar-refractivity contribution in [3.8, 4) is 11.6 Å². The van der Waals surface area contributed by atoms with E-state index in [0.29, 0.717) is 12.4 Å². The highest BCUT2D eigenvalue weighted by Gasteiger charge is 2.01. The van der Waals surface area contributed by atoms with E-state index in [-0.39, 0.29) is 0 Å². The Balaban J connectivity index is 1.87. The third-order valence-electron chi connectivity index (χ3n) is 2.83. The van der Waals surface area contributed by atoms with Crippen LogP contribution in [-0.4, -0.2) is 9.97 Å². The third kappa shape index (κ3) is 2.53. The van der Waals surface area contributed by atoms with Crippen LogP contribution < -0.4 is 10.5 Å². The van der Waals surface area contributed by atoms with E-state index in [1.165, 1.54) is 5.39 Å². The summed E-state index contributed by atoms with van der Waals surface area (Å²) in [5, 5.41) is 2.31. The van der Waals surface area contributed by atoms with E-state index in [1.807, 2.05) is 36.4 Å². The lowest BCUT2D eigenvalue weighted by Gasteiger charge is -2.06. The molecule has 2 N–H and O–H groups in total. The van der Waals surface area contributed by atoms with Crippen LogP contribution in [0.3, 0.4) is 0 Å². The Hall–Kier alpha value is -2.46. The summed E-state index contributed by atoms with van der Waals surface area (Å²) in [6, 6.07) is 14.0. The zero-order chi connectivity index (χ0) is 13.1. The van der Waals surface area contributed by atoms with Crippen molar-refractivity contribution in [1.82, 2.24) is 9.97 Å². The molecule has 1 heterocycles. The van der Waals surface area contributed by atoms with E-state index < -0.39 is 0 Å². The van der Waals surface area contributed by atoms with E-state index in [2.05, 4.69) is 16.0 Å². The van der Waals surface area contributed by atoms with Gasteiger partial charge in [0.15, 0.2) is 0 Å². The molecule has 1 aromatic heterocycles. The van der Waals surface area contributed by atoms with Crippen LogP contribution in [0, 0.1) is 0 Å². The molecule has 0 aliphatic carbocycles. The van der Waals surface area contributed by atoms with Gasteiger partial charge in [-0.25, -0.2) is 4.98 Å². The molecule has 0 radical (unpaired) electrons. The normalized spacial score (nSPS) is 10.6. The van der Waals surface area contributed by atoms with Gasteiger partial charge in [0, 0.05) is 6.54 Å². The molecule has 0 bridgehead atoms. The van der Waals surface area contributed by atoms with Gasteiger partial charge in [-0.05, 0) is 22.9 Å². The van der Waals surface area contributed by atoms with Crippen LogP contribution in [0.25, 0.3) is 10.8 Å². The van der Waals surface area contributed by atoms with E-state index >= 15 is 0 Å². The van der Waals surface area contributed by atoms with Crippen molar-refractivity contribution in [2.75, 3.05) is 0 Å². The average molecular weight is 251 g/mol. The van der Waals surface area contributed by atoms with Crippen LogP contribution >= 0.6 is 0 Å². The maximum Gasteiger partial charge on any atom is 0.237 e. The lowest BCUT2D eigenvalue weighted by molar-refractivity contribution is 0.460. The minimum Gasteiger partial charge on any atom is -0.437 e. The molecule has 2 aromatic carbocycles. The first-order chi connectivity index (χ1) is 9.35. The van der Waals surface area contributed by atoms with Gasteiger partial charge in [-0.2, -0.15) is 0 Å². The van der Waals surface area contributed by atoms with Gasteiger partial charge < -0.3 is 10.5 Å². The molecular weight excluding hydrogens is 238 g/mol. The highest BCUT2D eigenvalue weighted by molar-refractivity contribution is 5.83. The number of hydrogen-bond donors (Lipinski definition) is 1. The average Bonchev–Trinajstić information content (AvgIpc) is 2.48. The quantitative estimate of drug-likeness (QED) is 0.777. The number of fused-ring (bicyclic) bond motifs is 1. The Bertz CT molecular complexity index is 695. The van der Waals surface area contributed by atoms with Gasteiger partial charge in [0.05, 0.1) is 18.1 Å². The zero-order valence-corrected chi connectivity index (χ0v) is 10.3. The second-order valence-electron chi connectivity index (χ2n) is 4.16. The van der Waals surface area contributed by atoms with Crippen molar-refractivity contribution in [3.05, 3.63) is 60.6 Å². The summed E-state index contributed by atoms with van der Waals surface area (Å²) in [4.78, 5) is 8.30. The predicted octanol–water partition coefficient (Wildman–Crippen LogP) is 2.88. The molecule has 0 unspecified atom stereocenters. The molecule has 0 spiro atoms. The van der Waals surface area contributed by atoms with Crippen molar-refractivity contribution in [1.29, 1.82) is 0 Å². The van der Waals surface area contributed by atoms with Crippen molar-refractivity contribution in [2.45, 2.75) is 6.54 Å². The van der Waals surface area contributed by atoms with Crippen LogP contribution in [-0.2, 0) is 6.54 Å². The van der Waals surface area contributed by atoms with Crippen molar-refractivity contribution < 1.29 is 4.74 Å². The van der Waals surface area contributed by atoms with Crippen molar-refractivity contribution in [2.24, 2.45) is 5.73 Å². The second-order valence-corrected chi connectivity index (χ2v) is 4.16. The summed E-state index contributed by atoms with van der Waals surface area (Å²) < 4.78 is 5.67. The topological polar surface area (TPSA) is 61.0 Å². The Morgan fingerprint density at radius 3 is 2.53 bits per heavy atom. The molecule has 19 heavy (non-hydrogen) atoms. The van der Waals surface area contributed by atoms with Gasteiger partial charge >= 0.3 is 0 Å². The number of ether oxygens (including phenoxy) is 1. The summed E-state index contributed by atoms with van der Waals surface area (Å²) in [5.41, 5.74) is 6.21. The number of hydrogen-bond acceptors (Lipinski definition) is 4. The molecule has 0 fully saturated rings. The molecule has 0 saturated carbocycles.